The molecule has 2 amide bonds. The smallest absolute Gasteiger partial charge is 0.275 e. The molecule has 3 aromatic rings. The molecule has 1 N–H and O–H groups in total. The Morgan fingerprint density at radius 3 is 2.41 bits per heavy atom. The summed E-state index contributed by atoms with van der Waals surface area (Å²) in [5.41, 5.74) is 1.01. The molecule has 1 atom stereocenters. The number of amides is 2. The van der Waals surface area contributed by atoms with Crippen LogP contribution in [0.15, 0.2) is 59.2 Å². The molecule has 1 aliphatic heterocycles. The maximum absolute atomic E-state index is 13.9. The van der Waals surface area contributed by atoms with E-state index < -0.39 is 17.7 Å². The second kappa shape index (κ2) is 9.72. The fourth-order valence-electron chi connectivity index (χ4n) is 3.80. The van der Waals surface area contributed by atoms with Gasteiger partial charge in [-0.05, 0) is 42.5 Å². The number of hydrogen-bond acceptors (Lipinski definition) is 4. The van der Waals surface area contributed by atoms with Crippen molar-refractivity contribution >= 4 is 11.8 Å². The number of piperidine rings is 1. The molecule has 2 heterocycles. The summed E-state index contributed by atoms with van der Waals surface area (Å²) in [7, 11) is 0. The predicted octanol–water partition coefficient (Wildman–Crippen LogP) is 4.03. The molecule has 1 unspecified atom stereocenters. The lowest BCUT2D eigenvalue weighted by atomic mass is 10.1. The van der Waals surface area contributed by atoms with Gasteiger partial charge in [-0.15, -0.1) is 0 Å². The van der Waals surface area contributed by atoms with Gasteiger partial charge < -0.3 is 14.6 Å². The van der Waals surface area contributed by atoms with Crippen molar-refractivity contribution < 1.29 is 22.8 Å². The average molecular weight is 439 g/mol. The van der Waals surface area contributed by atoms with Crippen LogP contribution in [0.5, 0.6) is 0 Å². The number of rotatable bonds is 6. The van der Waals surface area contributed by atoms with Gasteiger partial charge in [0, 0.05) is 19.2 Å². The van der Waals surface area contributed by atoms with Crippen LogP contribution in [-0.4, -0.2) is 34.8 Å². The summed E-state index contributed by atoms with van der Waals surface area (Å²) >= 11 is 0. The summed E-state index contributed by atoms with van der Waals surface area (Å²) in [4.78, 5) is 31.4. The quantitative estimate of drug-likeness (QED) is 0.629. The standard InChI is InChI=1S/C24H23F2N3O3/c25-18-12-17(13-19(26)14-18)22(28-21(30)11-16-7-3-1-4-8-16)23-27-20(15-32-23)24(31)29-9-5-2-6-10-29/h1,3-4,7-8,12-15,22H,2,5-6,9-11H2,(H,28,30). The van der Waals surface area contributed by atoms with Gasteiger partial charge in [-0.3, -0.25) is 9.59 Å². The van der Waals surface area contributed by atoms with E-state index >= 15 is 0 Å². The van der Waals surface area contributed by atoms with E-state index in [1.807, 2.05) is 18.2 Å². The van der Waals surface area contributed by atoms with E-state index in [0.717, 1.165) is 43.0 Å². The van der Waals surface area contributed by atoms with Gasteiger partial charge in [0.25, 0.3) is 5.91 Å². The van der Waals surface area contributed by atoms with Crippen LogP contribution in [0, 0.1) is 11.6 Å². The molecule has 1 saturated heterocycles. The molecule has 166 valence electrons. The van der Waals surface area contributed by atoms with Crippen LogP contribution >= 0.6 is 0 Å². The first-order chi connectivity index (χ1) is 15.5. The van der Waals surface area contributed by atoms with Crippen LogP contribution in [0.2, 0.25) is 0 Å². The zero-order valence-corrected chi connectivity index (χ0v) is 17.4. The fraction of sp³-hybridized carbons (Fsp3) is 0.292. The van der Waals surface area contributed by atoms with E-state index in [1.54, 1.807) is 17.0 Å². The molecule has 0 bridgehead atoms. The van der Waals surface area contributed by atoms with Crippen LogP contribution in [-0.2, 0) is 11.2 Å². The van der Waals surface area contributed by atoms with E-state index in [4.69, 9.17) is 4.42 Å². The SMILES string of the molecule is O=C(Cc1ccccc1)NC(c1cc(F)cc(F)c1)c1nc(C(=O)N2CCCCC2)co1. The molecule has 0 aliphatic carbocycles. The van der Waals surface area contributed by atoms with E-state index in [0.29, 0.717) is 13.1 Å². The highest BCUT2D eigenvalue weighted by Gasteiger charge is 2.27. The fourth-order valence-corrected chi connectivity index (χ4v) is 3.80. The van der Waals surface area contributed by atoms with Crippen molar-refractivity contribution in [1.29, 1.82) is 0 Å². The van der Waals surface area contributed by atoms with Crippen molar-refractivity contribution in [3.63, 3.8) is 0 Å². The Hall–Kier alpha value is -3.55. The number of nitrogens with zero attached hydrogens (tertiary/aromatic N) is 2. The van der Waals surface area contributed by atoms with E-state index in [9.17, 15) is 18.4 Å². The van der Waals surface area contributed by atoms with Crippen molar-refractivity contribution in [2.45, 2.75) is 31.7 Å². The second-order valence-electron chi connectivity index (χ2n) is 7.79. The van der Waals surface area contributed by atoms with Gasteiger partial charge in [-0.1, -0.05) is 30.3 Å². The van der Waals surface area contributed by atoms with Gasteiger partial charge in [0.1, 0.15) is 23.9 Å². The normalized spacial score (nSPS) is 14.8. The summed E-state index contributed by atoms with van der Waals surface area (Å²) in [6.45, 7) is 1.29. The molecule has 6 nitrogen and oxygen atoms in total. The van der Waals surface area contributed by atoms with Gasteiger partial charge in [0.2, 0.25) is 11.8 Å². The lowest BCUT2D eigenvalue weighted by Gasteiger charge is -2.25. The van der Waals surface area contributed by atoms with Crippen LogP contribution in [0.1, 0.15) is 52.8 Å². The van der Waals surface area contributed by atoms with Gasteiger partial charge in [0.15, 0.2) is 5.69 Å². The number of aromatic nitrogens is 1. The third-order valence-corrected chi connectivity index (χ3v) is 5.36. The summed E-state index contributed by atoms with van der Waals surface area (Å²) in [6.07, 6.45) is 4.22. The molecular formula is C24H23F2N3O3. The van der Waals surface area contributed by atoms with Crippen molar-refractivity contribution in [2.75, 3.05) is 13.1 Å². The van der Waals surface area contributed by atoms with Gasteiger partial charge >= 0.3 is 0 Å². The first-order valence-electron chi connectivity index (χ1n) is 10.5. The minimum Gasteiger partial charge on any atom is -0.445 e. The summed E-state index contributed by atoms with van der Waals surface area (Å²) in [5, 5.41) is 2.73. The molecule has 4 rings (SSSR count). The monoisotopic (exact) mass is 439 g/mol. The first kappa shape index (κ1) is 21.7. The van der Waals surface area contributed by atoms with Crippen molar-refractivity contribution in [3.8, 4) is 0 Å². The highest BCUT2D eigenvalue weighted by molar-refractivity contribution is 5.92. The minimum atomic E-state index is -1.06. The number of benzene rings is 2. The minimum absolute atomic E-state index is 0.0169. The number of carbonyl (C=O) groups excluding carboxylic acids is 2. The molecule has 1 fully saturated rings. The lowest BCUT2D eigenvalue weighted by molar-refractivity contribution is -0.121. The Kier molecular flexibility index (Phi) is 6.58. The summed E-state index contributed by atoms with van der Waals surface area (Å²) < 4.78 is 33.3. The van der Waals surface area contributed by atoms with Crippen molar-refractivity contribution in [3.05, 3.63) is 89.1 Å². The Bertz CT molecular complexity index is 1070. The Labute approximate surface area is 184 Å². The Balaban J connectivity index is 1.59. The number of hydrogen-bond donors (Lipinski definition) is 1. The topological polar surface area (TPSA) is 75.4 Å². The summed E-state index contributed by atoms with van der Waals surface area (Å²) in [5.74, 6) is -2.25. The molecule has 1 aliphatic rings. The van der Waals surface area contributed by atoms with Crippen molar-refractivity contribution in [2.24, 2.45) is 0 Å². The molecule has 0 radical (unpaired) electrons. The van der Waals surface area contributed by atoms with Gasteiger partial charge in [0.05, 0.1) is 6.42 Å². The largest absolute Gasteiger partial charge is 0.445 e. The zero-order valence-electron chi connectivity index (χ0n) is 17.4. The number of carbonyl (C=O) groups is 2. The van der Waals surface area contributed by atoms with Gasteiger partial charge in [-0.25, -0.2) is 13.8 Å². The van der Waals surface area contributed by atoms with Crippen LogP contribution in [0.25, 0.3) is 0 Å². The average Bonchev–Trinajstić information content (AvgIpc) is 3.27. The third-order valence-electron chi connectivity index (χ3n) is 5.36. The van der Waals surface area contributed by atoms with Gasteiger partial charge in [-0.2, -0.15) is 0 Å². The molecule has 8 heteroatoms. The number of oxazole rings is 1. The number of nitrogens with one attached hydrogen (secondary N) is 1. The highest BCUT2D eigenvalue weighted by atomic mass is 19.1. The molecule has 0 saturated carbocycles. The van der Waals surface area contributed by atoms with Crippen LogP contribution in [0.3, 0.4) is 0 Å². The van der Waals surface area contributed by atoms with Crippen LogP contribution < -0.4 is 5.32 Å². The second-order valence-corrected chi connectivity index (χ2v) is 7.79. The summed E-state index contributed by atoms with van der Waals surface area (Å²) in [6, 6.07) is 11.0. The molecule has 1 aromatic heterocycles. The molecule has 0 spiro atoms. The van der Waals surface area contributed by atoms with E-state index in [1.165, 1.54) is 6.26 Å². The van der Waals surface area contributed by atoms with E-state index in [2.05, 4.69) is 10.3 Å². The molecular weight excluding hydrogens is 416 g/mol. The molecule has 32 heavy (non-hydrogen) atoms. The zero-order chi connectivity index (χ0) is 22.5. The third kappa shape index (κ3) is 5.19. The number of likely N-dealkylation sites (tertiary alicyclic amines) is 1. The predicted molar refractivity (Wildman–Crippen MR) is 113 cm³/mol. The number of halogens is 2. The molecule has 2 aromatic carbocycles. The van der Waals surface area contributed by atoms with Crippen molar-refractivity contribution in [1.82, 2.24) is 15.2 Å². The Morgan fingerprint density at radius 2 is 1.72 bits per heavy atom. The lowest BCUT2D eigenvalue weighted by Crippen LogP contribution is -2.36. The van der Waals surface area contributed by atoms with Crippen LogP contribution in [0.4, 0.5) is 8.78 Å². The maximum atomic E-state index is 13.9. The highest BCUT2D eigenvalue weighted by Crippen LogP contribution is 2.25. The first-order valence-corrected chi connectivity index (χ1v) is 10.5. The van der Waals surface area contributed by atoms with E-state index in [-0.39, 0.29) is 35.4 Å². The maximum Gasteiger partial charge on any atom is 0.275 e. The Morgan fingerprint density at radius 1 is 1.03 bits per heavy atom.